The molecule has 0 spiro atoms. The fourth-order valence-corrected chi connectivity index (χ4v) is 9.90. The summed E-state index contributed by atoms with van der Waals surface area (Å²) in [6.07, 6.45) is 9.41. The van der Waals surface area contributed by atoms with Crippen LogP contribution in [0.15, 0.2) is 186 Å². The van der Waals surface area contributed by atoms with E-state index in [1.807, 2.05) is 0 Å². The standard InChI is InChI=1S/C53H33N3OS/c1-2-11-35(12-3-1)51-54-52(56-53(55-51)42-16-9-19-48-50(42)41-14-6-7-18-47(41)58-48)36-25-22-33(23-26-36)40-15-8-17-46-49(40)44-31-38(28-29-45(44)57-46)37-27-24-34-21-20-32-10-4-5-13-39(32)43(34)30-37/h1-11,13-31,35H,12H2. The summed E-state index contributed by atoms with van der Waals surface area (Å²) in [5, 5.41) is 9.64. The van der Waals surface area contributed by atoms with Gasteiger partial charge in [-0.2, -0.15) is 0 Å². The van der Waals surface area contributed by atoms with E-state index in [1.54, 1.807) is 11.3 Å². The number of aromatic nitrogens is 3. The van der Waals surface area contributed by atoms with Crippen LogP contribution in [0.25, 0.3) is 109 Å². The maximum Gasteiger partial charge on any atom is 0.164 e. The minimum atomic E-state index is 0.0778. The van der Waals surface area contributed by atoms with Gasteiger partial charge in [0.1, 0.15) is 17.0 Å². The van der Waals surface area contributed by atoms with Crippen molar-refractivity contribution in [3.63, 3.8) is 0 Å². The van der Waals surface area contributed by atoms with Crippen molar-refractivity contribution in [2.24, 2.45) is 0 Å². The van der Waals surface area contributed by atoms with Gasteiger partial charge in [0.25, 0.3) is 0 Å². The fraction of sp³-hybridized carbons (Fsp3) is 0.0377. The van der Waals surface area contributed by atoms with Crippen LogP contribution >= 0.6 is 11.3 Å². The second-order valence-corrected chi connectivity index (χ2v) is 16.1. The van der Waals surface area contributed by atoms with Gasteiger partial charge in [-0.1, -0.05) is 146 Å². The van der Waals surface area contributed by atoms with Gasteiger partial charge in [0, 0.05) is 48.0 Å². The molecule has 3 heterocycles. The molecule has 1 aliphatic rings. The quantitative estimate of drug-likeness (QED) is 0.164. The first-order chi connectivity index (χ1) is 28.7. The zero-order valence-electron chi connectivity index (χ0n) is 31.3. The first kappa shape index (κ1) is 33.0. The van der Waals surface area contributed by atoms with E-state index in [2.05, 4.69) is 182 Å². The molecule has 0 radical (unpaired) electrons. The van der Waals surface area contributed by atoms with Crippen molar-refractivity contribution in [3.8, 4) is 45.0 Å². The molecule has 272 valence electrons. The van der Waals surface area contributed by atoms with Crippen LogP contribution in [-0.4, -0.2) is 15.0 Å². The lowest BCUT2D eigenvalue weighted by atomic mass is 9.95. The number of furan rings is 1. The molecule has 5 heteroatoms. The zero-order chi connectivity index (χ0) is 38.2. The van der Waals surface area contributed by atoms with Crippen molar-refractivity contribution in [1.29, 1.82) is 0 Å². The summed E-state index contributed by atoms with van der Waals surface area (Å²) in [6.45, 7) is 0. The van der Waals surface area contributed by atoms with Crippen molar-refractivity contribution in [2.45, 2.75) is 12.3 Å². The highest BCUT2D eigenvalue weighted by atomic mass is 32.1. The van der Waals surface area contributed by atoms with E-state index >= 15 is 0 Å². The summed E-state index contributed by atoms with van der Waals surface area (Å²) in [5.74, 6) is 2.23. The third-order valence-corrected chi connectivity index (χ3v) is 12.8. The highest BCUT2D eigenvalue weighted by Gasteiger charge is 2.20. The first-order valence-corrected chi connectivity index (χ1v) is 20.5. The number of nitrogens with zero attached hydrogens (tertiary/aromatic N) is 3. The highest BCUT2D eigenvalue weighted by molar-refractivity contribution is 7.25. The van der Waals surface area contributed by atoms with Gasteiger partial charge in [-0.3, -0.25) is 0 Å². The number of benzene rings is 8. The molecule has 3 aromatic heterocycles. The molecule has 12 rings (SSSR count). The van der Waals surface area contributed by atoms with Gasteiger partial charge in [0.2, 0.25) is 0 Å². The van der Waals surface area contributed by atoms with Gasteiger partial charge < -0.3 is 4.42 Å². The Labute approximate surface area is 338 Å². The normalized spacial score (nSPS) is 14.2. The molecular formula is C53H33N3OS. The highest BCUT2D eigenvalue weighted by Crippen LogP contribution is 2.42. The van der Waals surface area contributed by atoms with E-state index in [4.69, 9.17) is 19.4 Å². The molecule has 0 saturated carbocycles. The summed E-state index contributed by atoms with van der Waals surface area (Å²) >= 11 is 1.81. The van der Waals surface area contributed by atoms with Crippen molar-refractivity contribution < 1.29 is 4.42 Å². The van der Waals surface area contributed by atoms with E-state index in [-0.39, 0.29) is 5.92 Å². The topological polar surface area (TPSA) is 51.8 Å². The first-order valence-electron chi connectivity index (χ1n) is 19.7. The number of fused-ring (bicyclic) bond motifs is 9. The lowest BCUT2D eigenvalue weighted by Gasteiger charge is -2.15. The Bertz CT molecular complexity index is 3500. The van der Waals surface area contributed by atoms with Gasteiger partial charge in [0.15, 0.2) is 11.6 Å². The van der Waals surface area contributed by atoms with Gasteiger partial charge in [-0.05, 0) is 86.6 Å². The fourth-order valence-electron chi connectivity index (χ4n) is 8.77. The van der Waals surface area contributed by atoms with Crippen molar-refractivity contribution in [3.05, 3.63) is 188 Å². The van der Waals surface area contributed by atoms with Crippen LogP contribution in [0, 0.1) is 0 Å². The number of allylic oxidation sites excluding steroid dienone is 4. The summed E-state index contributed by atoms with van der Waals surface area (Å²) in [5.41, 5.74) is 8.28. The average Bonchev–Trinajstić information content (AvgIpc) is 3.87. The Morgan fingerprint density at radius 1 is 0.466 bits per heavy atom. The Balaban J connectivity index is 0.962. The van der Waals surface area contributed by atoms with E-state index in [1.165, 1.54) is 47.3 Å². The van der Waals surface area contributed by atoms with Crippen LogP contribution in [0.2, 0.25) is 0 Å². The SMILES string of the molecule is C1=CCC(c2nc(-c3ccc(-c4cccc5oc6ccc(-c7ccc8ccc9ccccc9c8c7)cc6c45)cc3)nc(-c3cccc4sc5ccccc5c34)n2)C=C1. The van der Waals surface area contributed by atoms with Crippen LogP contribution in [0.4, 0.5) is 0 Å². The number of hydrogen-bond donors (Lipinski definition) is 0. The summed E-state index contributed by atoms with van der Waals surface area (Å²) in [6, 6.07) is 56.4. The molecule has 1 aliphatic carbocycles. The third-order valence-electron chi connectivity index (χ3n) is 11.6. The summed E-state index contributed by atoms with van der Waals surface area (Å²) < 4.78 is 8.95. The second kappa shape index (κ2) is 13.2. The van der Waals surface area contributed by atoms with Crippen molar-refractivity contribution >= 4 is 75.0 Å². The molecule has 1 atom stereocenters. The average molecular weight is 760 g/mol. The number of hydrogen-bond acceptors (Lipinski definition) is 5. The Morgan fingerprint density at radius 2 is 1.16 bits per heavy atom. The Kier molecular flexibility index (Phi) is 7.50. The van der Waals surface area contributed by atoms with Crippen LogP contribution in [0.3, 0.4) is 0 Å². The van der Waals surface area contributed by atoms with E-state index in [0.29, 0.717) is 11.6 Å². The third kappa shape index (κ3) is 5.39. The Hall–Kier alpha value is -7.21. The summed E-state index contributed by atoms with van der Waals surface area (Å²) in [4.78, 5) is 15.5. The van der Waals surface area contributed by atoms with Gasteiger partial charge in [0.05, 0.1) is 0 Å². The molecule has 58 heavy (non-hydrogen) atoms. The van der Waals surface area contributed by atoms with Gasteiger partial charge >= 0.3 is 0 Å². The minimum absolute atomic E-state index is 0.0778. The van der Waals surface area contributed by atoms with E-state index in [0.717, 1.165) is 62.0 Å². The molecule has 1 unspecified atom stereocenters. The smallest absolute Gasteiger partial charge is 0.164 e. The predicted octanol–water partition coefficient (Wildman–Crippen LogP) is 14.7. The number of rotatable bonds is 5. The second-order valence-electron chi connectivity index (χ2n) is 15.1. The maximum atomic E-state index is 6.47. The van der Waals surface area contributed by atoms with Gasteiger partial charge in [-0.25, -0.2) is 15.0 Å². The van der Waals surface area contributed by atoms with Gasteiger partial charge in [-0.15, -0.1) is 11.3 Å². The lowest BCUT2D eigenvalue weighted by molar-refractivity contribution is 0.669. The molecule has 0 fully saturated rings. The molecule has 8 aromatic carbocycles. The van der Waals surface area contributed by atoms with Crippen LogP contribution in [0.1, 0.15) is 18.2 Å². The molecule has 0 amide bonds. The Morgan fingerprint density at radius 3 is 2.03 bits per heavy atom. The zero-order valence-corrected chi connectivity index (χ0v) is 32.1. The van der Waals surface area contributed by atoms with Crippen molar-refractivity contribution in [2.75, 3.05) is 0 Å². The monoisotopic (exact) mass is 759 g/mol. The summed E-state index contributed by atoms with van der Waals surface area (Å²) in [7, 11) is 0. The molecular weight excluding hydrogens is 727 g/mol. The van der Waals surface area contributed by atoms with Crippen LogP contribution < -0.4 is 0 Å². The van der Waals surface area contributed by atoms with E-state index < -0.39 is 0 Å². The minimum Gasteiger partial charge on any atom is -0.456 e. The molecule has 0 N–H and O–H groups in total. The largest absolute Gasteiger partial charge is 0.456 e. The molecule has 0 bridgehead atoms. The molecule has 4 nitrogen and oxygen atoms in total. The van der Waals surface area contributed by atoms with Crippen LogP contribution in [0.5, 0.6) is 0 Å². The molecule has 0 saturated heterocycles. The van der Waals surface area contributed by atoms with E-state index in [9.17, 15) is 0 Å². The lowest BCUT2D eigenvalue weighted by Crippen LogP contribution is -2.08. The van der Waals surface area contributed by atoms with Crippen LogP contribution in [-0.2, 0) is 0 Å². The molecule has 11 aromatic rings. The predicted molar refractivity (Wildman–Crippen MR) is 242 cm³/mol. The maximum absolute atomic E-state index is 6.47. The van der Waals surface area contributed by atoms with Crippen molar-refractivity contribution in [1.82, 2.24) is 15.0 Å². The molecule has 0 aliphatic heterocycles. The number of thiophene rings is 1.